The van der Waals surface area contributed by atoms with E-state index in [4.69, 9.17) is 9.72 Å². The zero-order valence-corrected chi connectivity index (χ0v) is 18.3. The molecule has 0 spiro atoms. The van der Waals surface area contributed by atoms with Crippen LogP contribution in [0.5, 0.6) is 0 Å². The van der Waals surface area contributed by atoms with E-state index in [1.807, 2.05) is 26.8 Å². The van der Waals surface area contributed by atoms with Crippen molar-refractivity contribution in [1.29, 1.82) is 0 Å². The Morgan fingerprint density at radius 2 is 2.14 bits per heavy atom. The molecule has 7 nitrogen and oxygen atoms in total. The first-order valence-electron chi connectivity index (χ1n) is 9.36. The van der Waals surface area contributed by atoms with Gasteiger partial charge in [0.2, 0.25) is 0 Å². The van der Waals surface area contributed by atoms with E-state index in [1.54, 1.807) is 16.7 Å². The Labute approximate surface area is 176 Å². The van der Waals surface area contributed by atoms with Gasteiger partial charge in [-0.2, -0.15) is 0 Å². The largest absolute Gasteiger partial charge is 0.382 e. The molecule has 3 aromatic rings. The van der Waals surface area contributed by atoms with Crippen LogP contribution in [0.4, 0.5) is 5.69 Å². The molecule has 0 fully saturated rings. The summed E-state index contributed by atoms with van der Waals surface area (Å²) in [5.74, 6) is 0.494. The summed E-state index contributed by atoms with van der Waals surface area (Å²) in [6.07, 6.45) is 0.716. The van der Waals surface area contributed by atoms with Crippen LogP contribution in [0.15, 0.2) is 34.2 Å². The molecule has 3 rings (SSSR count). The molecular weight excluding hydrogens is 410 g/mol. The number of ether oxygens (including phenoxy) is 1. The molecule has 0 aliphatic rings. The van der Waals surface area contributed by atoms with Crippen molar-refractivity contribution in [1.82, 2.24) is 9.55 Å². The number of thioether (sulfide) groups is 1. The lowest BCUT2D eigenvalue weighted by molar-refractivity contribution is -0.384. The summed E-state index contributed by atoms with van der Waals surface area (Å²) in [6.45, 7) is 7.64. The van der Waals surface area contributed by atoms with Gasteiger partial charge in [0.1, 0.15) is 4.83 Å². The van der Waals surface area contributed by atoms with Crippen LogP contribution >= 0.6 is 23.1 Å². The maximum absolute atomic E-state index is 13.2. The highest BCUT2D eigenvalue weighted by atomic mass is 32.2. The summed E-state index contributed by atoms with van der Waals surface area (Å²) in [5.41, 5.74) is 1.83. The summed E-state index contributed by atoms with van der Waals surface area (Å²) in [4.78, 5) is 30.4. The highest BCUT2D eigenvalue weighted by Gasteiger charge is 2.17. The maximum Gasteiger partial charge on any atom is 0.269 e. The Kier molecular flexibility index (Phi) is 7.05. The molecule has 29 heavy (non-hydrogen) atoms. The third-order valence-corrected chi connectivity index (χ3v) is 6.77. The molecule has 0 atom stereocenters. The molecule has 0 radical (unpaired) electrons. The van der Waals surface area contributed by atoms with Crippen LogP contribution in [0.1, 0.15) is 29.3 Å². The normalized spacial score (nSPS) is 11.3. The first-order valence-corrected chi connectivity index (χ1v) is 11.2. The number of aromatic nitrogens is 2. The third-order valence-electron chi connectivity index (χ3n) is 4.62. The van der Waals surface area contributed by atoms with Crippen LogP contribution in [0.3, 0.4) is 0 Å². The first kappa shape index (κ1) is 21.5. The molecule has 0 N–H and O–H groups in total. The number of rotatable bonds is 9. The van der Waals surface area contributed by atoms with Crippen molar-refractivity contribution in [2.75, 3.05) is 13.2 Å². The molecule has 2 heterocycles. The van der Waals surface area contributed by atoms with E-state index in [1.165, 1.54) is 29.2 Å². The van der Waals surface area contributed by atoms with Gasteiger partial charge in [-0.3, -0.25) is 19.5 Å². The molecule has 154 valence electrons. The third kappa shape index (κ3) is 4.85. The monoisotopic (exact) mass is 433 g/mol. The van der Waals surface area contributed by atoms with Gasteiger partial charge in [0.25, 0.3) is 11.2 Å². The van der Waals surface area contributed by atoms with Crippen LogP contribution in [0.2, 0.25) is 0 Å². The smallest absolute Gasteiger partial charge is 0.269 e. The molecule has 0 unspecified atom stereocenters. The van der Waals surface area contributed by atoms with Crippen molar-refractivity contribution >= 4 is 39.0 Å². The van der Waals surface area contributed by atoms with Crippen LogP contribution in [-0.4, -0.2) is 27.7 Å². The Balaban J connectivity index is 1.93. The van der Waals surface area contributed by atoms with Gasteiger partial charge in [0, 0.05) is 42.5 Å². The van der Waals surface area contributed by atoms with E-state index in [9.17, 15) is 14.9 Å². The second-order valence-electron chi connectivity index (χ2n) is 6.58. The number of hydrogen-bond acceptors (Lipinski definition) is 7. The van der Waals surface area contributed by atoms with Crippen molar-refractivity contribution in [2.24, 2.45) is 0 Å². The number of benzene rings is 1. The van der Waals surface area contributed by atoms with E-state index < -0.39 is 4.92 Å². The Morgan fingerprint density at radius 3 is 2.86 bits per heavy atom. The van der Waals surface area contributed by atoms with Crippen molar-refractivity contribution in [3.05, 3.63) is 60.7 Å². The SMILES string of the molecule is CCOCCCn1c(SCc2cccc([N+](=O)[O-])c2)nc2sc(C)c(C)c2c1=O. The number of aryl methyl sites for hydroxylation is 2. The molecule has 0 saturated carbocycles. The van der Waals surface area contributed by atoms with Gasteiger partial charge in [-0.1, -0.05) is 23.9 Å². The first-order chi connectivity index (χ1) is 13.9. The topological polar surface area (TPSA) is 87.3 Å². The van der Waals surface area contributed by atoms with Crippen molar-refractivity contribution in [3.63, 3.8) is 0 Å². The second kappa shape index (κ2) is 9.51. The fourth-order valence-corrected chi connectivity index (χ4v) is 5.03. The van der Waals surface area contributed by atoms with Crippen LogP contribution < -0.4 is 5.56 Å². The average Bonchev–Trinajstić information content (AvgIpc) is 2.99. The number of nitro groups is 1. The zero-order valence-electron chi connectivity index (χ0n) is 16.6. The molecule has 0 amide bonds. The highest BCUT2D eigenvalue weighted by Crippen LogP contribution is 2.30. The average molecular weight is 434 g/mol. The molecule has 0 aliphatic heterocycles. The highest BCUT2D eigenvalue weighted by molar-refractivity contribution is 7.98. The van der Waals surface area contributed by atoms with Gasteiger partial charge in [-0.05, 0) is 38.3 Å². The number of thiophene rings is 1. The molecule has 9 heteroatoms. The minimum atomic E-state index is -0.403. The lowest BCUT2D eigenvalue weighted by atomic mass is 10.2. The lowest BCUT2D eigenvalue weighted by Gasteiger charge is -2.12. The van der Waals surface area contributed by atoms with Gasteiger partial charge in [-0.15, -0.1) is 11.3 Å². The van der Waals surface area contributed by atoms with Gasteiger partial charge in [0.15, 0.2) is 5.16 Å². The van der Waals surface area contributed by atoms with Crippen molar-refractivity contribution < 1.29 is 9.66 Å². The standard InChI is InChI=1S/C20H23N3O4S2/c1-4-27-10-6-9-22-19(24)17-13(2)14(3)29-18(17)21-20(22)28-12-15-7-5-8-16(11-15)23(25)26/h5,7-8,11H,4,6,9-10,12H2,1-3H3. The Morgan fingerprint density at radius 1 is 1.34 bits per heavy atom. The zero-order chi connectivity index (χ0) is 21.0. The van der Waals surface area contributed by atoms with Gasteiger partial charge < -0.3 is 4.74 Å². The minimum absolute atomic E-state index is 0.0325. The summed E-state index contributed by atoms with van der Waals surface area (Å²) >= 11 is 2.95. The van der Waals surface area contributed by atoms with Crippen molar-refractivity contribution in [2.45, 2.75) is 44.6 Å². The summed E-state index contributed by atoms with van der Waals surface area (Å²) in [6, 6.07) is 6.54. The molecule has 0 aliphatic carbocycles. The molecule has 0 bridgehead atoms. The maximum atomic E-state index is 13.2. The Hall–Kier alpha value is -2.23. The van der Waals surface area contributed by atoms with Crippen LogP contribution in [0, 0.1) is 24.0 Å². The molecule has 2 aromatic heterocycles. The molecule has 0 saturated heterocycles. The minimum Gasteiger partial charge on any atom is -0.382 e. The number of nitrogens with zero attached hydrogens (tertiary/aromatic N) is 3. The summed E-state index contributed by atoms with van der Waals surface area (Å²) in [5, 5.41) is 12.3. The van der Waals surface area contributed by atoms with E-state index in [0.717, 1.165) is 20.8 Å². The number of fused-ring (bicyclic) bond motifs is 1. The van der Waals surface area contributed by atoms with E-state index in [2.05, 4.69) is 0 Å². The van der Waals surface area contributed by atoms with Crippen molar-refractivity contribution in [3.8, 4) is 0 Å². The van der Waals surface area contributed by atoms with E-state index in [-0.39, 0.29) is 11.2 Å². The number of nitro benzene ring substituents is 1. The quantitative estimate of drug-likeness (QED) is 0.160. The summed E-state index contributed by atoms with van der Waals surface area (Å²) < 4.78 is 7.12. The number of hydrogen-bond donors (Lipinski definition) is 0. The fraction of sp³-hybridized carbons (Fsp3) is 0.400. The van der Waals surface area contributed by atoms with E-state index >= 15 is 0 Å². The predicted octanol–water partition coefficient (Wildman–Crippen LogP) is 4.70. The van der Waals surface area contributed by atoms with Gasteiger partial charge in [-0.25, -0.2) is 4.98 Å². The second-order valence-corrected chi connectivity index (χ2v) is 8.73. The number of non-ortho nitro benzene ring substituents is 1. The lowest BCUT2D eigenvalue weighted by Crippen LogP contribution is -2.24. The molecular formula is C20H23N3O4S2. The van der Waals surface area contributed by atoms with Gasteiger partial charge >= 0.3 is 0 Å². The fourth-order valence-electron chi connectivity index (χ4n) is 2.99. The molecule has 1 aromatic carbocycles. The Bertz CT molecular complexity index is 1090. The van der Waals surface area contributed by atoms with Crippen LogP contribution in [0.25, 0.3) is 10.2 Å². The predicted molar refractivity (Wildman–Crippen MR) is 117 cm³/mol. The summed E-state index contributed by atoms with van der Waals surface area (Å²) in [7, 11) is 0. The van der Waals surface area contributed by atoms with E-state index in [0.29, 0.717) is 42.5 Å². The van der Waals surface area contributed by atoms with Gasteiger partial charge in [0.05, 0.1) is 10.3 Å². The van der Waals surface area contributed by atoms with Crippen LogP contribution in [-0.2, 0) is 17.0 Å².